The molecular weight excluding hydrogens is 805 g/mol. The van der Waals surface area contributed by atoms with Crippen LogP contribution < -0.4 is 10.6 Å². The smallest absolute Gasteiger partial charge is 0.249 e. The van der Waals surface area contributed by atoms with E-state index in [9.17, 15) is 26.4 Å². The maximum absolute atomic E-state index is 12.0. The molecule has 2 amide bonds. The van der Waals surface area contributed by atoms with Gasteiger partial charge in [0.25, 0.3) is 0 Å². The number of sulfone groups is 2. The van der Waals surface area contributed by atoms with E-state index in [2.05, 4.69) is 64.9 Å². The van der Waals surface area contributed by atoms with Gasteiger partial charge in [-0.2, -0.15) is 9.97 Å². The molecule has 2 saturated carbocycles. The number of carbonyl (C=O) groups excluding carboxylic acids is 2. The summed E-state index contributed by atoms with van der Waals surface area (Å²) in [6.07, 6.45) is 3.74. The number of aromatic nitrogens is 6. The standard InChI is InChI=1S/2C21H23N5O3S/c2*27-20(17-8-9-17)23-21-22-19-3-1-2-18(26(19)24-21)16-6-4-15(5-7-16)14-25-10-12-30(28,29)13-11-25/h2*1-7,17H,8-14H2,(H,23,24,27). The van der Waals surface area contributed by atoms with E-state index in [0.29, 0.717) is 49.4 Å². The normalized spacial score (nSPS) is 19.1. The van der Waals surface area contributed by atoms with Gasteiger partial charge in [0.1, 0.15) is 0 Å². The van der Waals surface area contributed by atoms with E-state index in [1.165, 1.54) is 0 Å². The quantitative estimate of drug-likeness (QED) is 0.202. The van der Waals surface area contributed by atoms with Gasteiger partial charge in [-0.3, -0.25) is 30.0 Å². The first-order valence-electron chi connectivity index (χ1n) is 20.3. The molecule has 6 heterocycles. The van der Waals surface area contributed by atoms with Gasteiger partial charge >= 0.3 is 0 Å². The van der Waals surface area contributed by atoms with Gasteiger partial charge in [-0.05, 0) is 61.1 Å². The Bertz CT molecular complexity index is 2560. The molecule has 0 atom stereocenters. The first-order valence-corrected chi connectivity index (χ1v) is 24.0. The largest absolute Gasteiger partial charge is 0.297 e. The van der Waals surface area contributed by atoms with Gasteiger partial charge in [0.05, 0.1) is 34.4 Å². The van der Waals surface area contributed by atoms with Crippen molar-refractivity contribution in [3.8, 4) is 22.5 Å². The van der Waals surface area contributed by atoms with Crippen LogP contribution in [0, 0.1) is 11.8 Å². The molecule has 2 saturated heterocycles. The third-order valence-corrected chi connectivity index (χ3v) is 14.5. The van der Waals surface area contributed by atoms with Crippen LogP contribution in [0.1, 0.15) is 36.8 Å². The summed E-state index contributed by atoms with van der Waals surface area (Å²) in [6, 6.07) is 27.9. The molecule has 16 nitrogen and oxygen atoms in total. The highest BCUT2D eigenvalue weighted by atomic mass is 32.2. The molecule has 0 spiro atoms. The lowest BCUT2D eigenvalue weighted by atomic mass is 10.1. The first kappa shape index (κ1) is 39.9. The zero-order valence-corrected chi connectivity index (χ0v) is 34.6. The number of nitrogens with zero attached hydrogens (tertiary/aromatic N) is 8. The van der Waals surface area contributed by atoms with E-state index in [0.717, 1.165) is 72.4 Å². The number of anilines is 2. The molecule has 4 aliphatic rings. The minimum absolute atomic E-state index is 0.0117. The van der Waals surface area contributed by atoms with Crippen molar-refractivity contribution in [3.05, 3.63) is 96.1 Å². The van der Waals surface area contributed by atoms with Gasteiger partial charge in [0.2, 0.25) is 23.7 Å². The van der Waals surface area contributed by atoms with Crippen molar-refractivity contribution in [1.29, 1.82) is 0 Å². The maximum Gasteiger partial charge on any atom is 0.249 e. The molecule has 2 N–H and O–H groups in total. The molecule has 6 aromatic rings. The minimum atomic E-state index is -2.86. The predicted molar refractivity (Wildman–Crippen MR) is 227 cm³/mol. The highest BCUT2D eigenvalue weighted by molar-refractivity contribution is 7.91. The van der Waals surface area contributed by atoms with Crippen LogP contribution in [0.3, 0.4) is 0 Å². The lowest BCUT2D eigenvalue weighted by molar-refractivity contribution is -0.118. The van der Waals surface area contributed by atoms with Crippen molar-refractivity contribution in [3.63, 3.8) is 0 Å². The second-order valence-electron chi connectivity index (χ2n) is 16.0. The maximum atomic E-state index is 12.0. The zero-order valence-electron chi connectivity index (χ0n) is 33.0. The lowest BCUT2D eigenvalue weighted by Gasteiger charge is -2.26. The van der Waals surface area contributed by atoms with Gasteiger partial charge < -0.3 is 0 Å². The van der Waals surface area contributed by atoms with Crippen LogP contribution in [0.5, 0.6) is 0 Å². The van der Waals surface area contributed by atoms with Crippen LogP contribution in [0.4, 0.5) is 11.9 Å². The highest BCUT2D eigenvalue weighted by Crippen LogP contribution is 2.31. The summed E-state index contributed by atoms with van der Waals surface area (Å²) in [5.74, 6) is 1.78. The molecule has 18 heteroatoms. The summed E-state index contributed by atoms with van der Waals surface area (Å²) >= 11 is 0. The molecule has 4 aromatic heterocycles. The van der Waals surface area contributed by atoms with Crippen molar-refractivity contribution in [2.75, 3.05) is 59.8 Å². The second-order valence-corrected chi connectivity index (χ2v) is 20.6. The fraction of sp³-hybridized carbons (Fsp3) is 0.381. The summed E-state index contributed by atoms with van der Waals surface area (Å²) in [5, 5.41) is 14.6. The Hall–Kier alpha value is -5.56. The van der Waals surface area contributed by atoms with Gasteiger partial charge in [-0.25, -0.2) is 25.9 Å². The SMILES string of the molecule is O=C(Nc1nc2cccc(-c3ccc(CN4CCS(=O)(=O)CC4)cc3)n2n1)C1CC1.O=C(Nc1nc2cccc(-c3ccc(CN4CCS(=O)(=O)CC4)cc3)n2n1)C1CC1. The molecule has 2 aromatic carbocycles. The number of rotatable bonds is 10. The van der Waals surface area contributed by atoms with E-state index in [-0.39, 0.29) is 46.7 Å². The number of pyridine rings is 2. The molecule has 2 aliphatic carbocycles. The lowest BCUT2D eigenvalue weighted by Crippen LogP contribution is -2.39. The van der Waals surface area contributed by atoms with Crippen molar-refractivity contribution in [2.45, 2.75) is 38.8 Å². The molecule has 0 bridgehead atoms. The average molecular weight is 851 g/mol. The van der Waals surface area contributed by atoms with Crippen LogP contribution >= 0.6 is 0 Å². The fourth-order valence-corrected chi connectivity index (χ4v) is 9.92. The van der Waals surface area contributed by atoms with Crippen LogP contribution in [-0.4, -0.2) is 117 Å². The summed E-state index contributed by atoms with van der Waals surface area (Å²) < 4.78 is 49.9. The number of hydrogen-bond acceptors (Lipinski definition) is 12. The van der Waals surface area contributed by atoms with Gasteiger partial charge in [-0.15, -0.1) is 10.2 Å². The molecule has 0 radical (unpaired) electrons. The average Bonchev–Trinajstić information content (AvgIpc) is 4.18. The summed E-state index contributed by atoms with van der Waals surface area (Å²) in [4.78, 5) is 37.2. The molecule has 0 unspecified atom stereocenters. The van der Waals surface area contributed by atoms with E-state index >= 15 is 0 Å². The Balaban J connectivity index is 0.000000154. The molecule has 312 valence electrons. The van der Waals surface area contributed by atoms with Crippen LogP contribution in [-0.2, 0) is 42.4 Å². The molecule has 60 heavy (non-hydrogen) atoms. The zero-order chi connectivity index (χ0) is 41.4. The molecular formula is C42H46N10O6S2. The number of carbonyl (C=O) groups is 2. The number of nitrogens with one attached hydrogen (secondary N) is 2. The van der Waals surface area contributed by atoms with E-state index in [1.54, 1.807) is 9.03 Å². The highest BCUT2D eigenvalue weighted by Gasteiger charge is 2.31. The van der Waals surface area contributed by atoms with E-state index < -0.39 is 19.7 Å². The van der Waals surface area contributed by atoms with Crippen LogP contribution in [0.2, 0.25) is 0 Å². The third-order valence-electron chi connectivity index (χ3n) is 11.3. The van der Waals surface area contributed by atoms with Crippen molar-refractivity contribution < 1.29 is 26.4 Å². The number of hydrogen-bond donors (Lipinski definition) is 2. The first-order chi connectivity index (χ1) is 28.9. The second kappa shape index (κ2) is 16.5. The van der Waals surface area contributed by atoms with Crippen LogP contribution in [0.25, 0.3) is 33.8 Å². The summed E-state index contributed by atoms with van der Waals surface area (Å²) in [6.45, 7) is 3.80. The Labute approximate surface area is 347 Å². The van der Waals surface area contributed by atoms with Crippen molar-refractivity contribution in [2.24, 2.45) is 11.8 Å². The number of benzene rings is 2. The van der Waals surface area contributed by atoms with Crippen molar-refractivity contribution in [1.82, 2.24) is 39.0 Å². The van der Waals surface area contributed by atoms with Gasteiger partial charge in [0, 0.05) is 62.2 Å². The molecule has 10 rings (SSSR count). The van der Waals surface area contributed by atoms with Gasteiger partial charge in [-0.1, -0.05) is 60.7 Å². The van der Waals surface area contributed by atoms with E-state index in [4.69, 9.17) is 0 Å². The fourth-order valence-electron chi connectivity index (χ4n) is 7.36. The Morgan fingerprint density at radius 2 is 0.900 bits per heavy atom. The summed E-state index contributed by atoms with van der Waals surface area (Å²) in [7, 11) is -5.72. The number of fused-ring (bicyclic) bond motifs is 2. The monoisotopic (exact) mass is 850 g/mol. The molecule has 4 fully saturated rings. The van der Waals surface area contributed by atoms with Crippen LogP contribution in [0.15, 0.2) is 84.9 Å². The third kappa shape index (κ3) is 9.57. The Morgan fingerprint density at radius 3 is 1.25 bits per heavy atom. The minimum Gasteiger partial charge on any atom is -0.297 e. The predicted octanol–water partition coefficient (Wildman–Crippen LogP) is 3.95. The van der Waals surface area contributed by atoms with Gasteiger partial charge in [0.15, 0.2) is 31.0 Å². The van der Waals surface area contributed by atoms with Crippen molar-refractivity contribution >= 4 is 54.7 Å². The molecule has 2 aliphatic heterocycles. The Kier molecular flexibility index (Phi) is 11.0. The number of amides is 2. The Morgan fingerprint density at radius 1 is 0.533 bits per heavy atom. The summed E-state index contributed by atoms with van der Waals surface area (Å²) in [5.41, 5.74) is 7.41. The van der Waals surface area contributed by atoms with E-state index in [1.807, 2.05) is 60.7 Å². The topological polar surface area (TPSA) is 193 Å².